The van der Waals surface area contributed by atoms with Crippen LogP contribution in [0.3, 0.4) is 0 Å². The third kappa shape index (κ3) is 3.71. The number of hydrogen-bond acceptors (Lipinski definition) is 2. The number of nitrogens with zero attached hydrogens (tertiary/aromatic N) is 1. The standard InChI is InChI=1S/C15H30N2O/c1-7-9-12-16-13(11(3)8-2)14(18)17(12)10-15(4,5)6/h11-13,16H,7-10H2,1-6H3. The predicted molar refractivity (Wildman–Crippen MR) is 76.2 cm³/mol. The first-order valence-electron chi connectivity index (χ1n) is 7.36. The summed E-state index contributed by atoms with van der Waals surface area (Å²) in [6.45, 7) is 13.9. The Morgan fingerprint density at radius 1 is 1.33 bits per heavy atom. The van der Waals surface area contributed by atoms with Crippen molar-refractivity contribution in [2.45, 2.75) is 73.0 Å². The molecule has 1 fully saturated rings. The number of nitrogens with one attached hydrogen (secondary N) is 1. The fourth-order valence-electron chi connectivity index (χ4n) is 2.56. The van der Waals surface area contributed by atoms with E-state index in [0.717, 1.165) is 25.8 Å². The van der Waals surface area contributed by atoms with Gasteiger partial charge in [-0.25, -0.2) is 0 Å². The lowest BCUT2D eigenvalue weighted by molar-refractivity contribution is -0.132. The summed E-state index contributed by atoms with van der Waals surface area (Å²) < 4.78 is 0. The highest BCUT2D eigenvalue weighted by Crippen LogP contribution is 2.26. The highest BCUT2D eigenvalue weighted by Gasteiger charge is 2.41. The topological polar surface area (TPSA) is 32.3 Å². The van der Waals surface area contributed by atoms with Gasteiger partial charge in [0.05, 0.1) is 12.2 Å². The zero-order valence-corrected chi connectivity index (χ0v) is 12.9. The number of carbonyl (C=O) groups is 1. The van der Waals surface area contributed by atoms with Crippen LogP contribution in [0.5, 0.6) is 0 Å². The molecule has 3 heteroatoms. The Morgan fingerprint density at radius 2 is 1.94 bits per heavy atom. The molecule has 0 aliphatic carbocycles. The van der Waals surface area contributed by atoms with Crippen molar-refractivity contribution in [2.75, 3.05) is 6.54 Å². The Bertz CT molecular complexity index is 283. The average molecular weight is 254 g/mol. The third-order valence-corrected chi connectivity index (χ3v) is 3.72. The van der Waals surface area contributed by atoms with Gasteiger partial charge in [0.15, 0.2) is 0 Å². The second-order valence-electron chi connectivity index (χ2n) is 6.86. The van der Waals surface area contributed by atoms with Crippen LogP contribution in [0.1, 0.15) is 60.8 Å². The van der Waals surface area contributed by atoms with Gasteiger partial charge >= 0.3 is 0 Å². The Hall–Kier alpha value is -0.570. The smallest absolute Gasteiger partial charge is 0.241 e. The molecule has 3 unspecified atom stereocenters. The summed E-state index contributed by atoms with van der Waals surface area (Å²) in [5.74, 6) is 0.722. The molecule has 0 aromatic rings. The van der Waals surface area contributed by atoms with Gasteiger partial charge in [0.25, 0.3) is 0 Å². The van der Waals surface area contributed by atoms with E-state index in [-0.39, 0.29) is 17.6 Å². The van der Waals surface area contributed by atoms with Crippen LogP contribution in [-0.4, -0.2) is 29.6 Å². The molecule has 0 aromatic heterocycles. The zero-order chi connectivity index (χ0) is 13.9. The third-order valence-electron chi connectivity index (χ3n) is 3.72. The van der Waals surface area contributed by atoms with E-state index in [9.17, 15) is 4.79 Å². The highest BCUT2D eigenvalue weighted by molar-refractivity contribution is 5.84. The lowest BCUT2D eigenvalue weighted by Crippen LogP contribution is -2.42. The summed E-state index contributed by atoms with van der Waals surface area (Å²) in [6, 6.07) is 0.0221. The summed E-state index contributed by atoms with van der Waals surface area (Å²) in [5, 5.41) is 3.54. The molecule has 1 amide bonds. The molecule has 18 heavy (non-hydrogen) atoms. The molecule has 1 N–H and O–H groups in total. The minimum atomic E-state index is 0.0221. The van der Waals surface area contributed by atoms with Gasteiger partial charge < -0.3 is 4.90 Å². The lowest BCUT2D eigenvalue weighted by Gasteiger charge is -2.30. The summed E-state index contributed by atoms with van der Waals surface area (Å²) in [5.41, 5.74) is 0.160. The van der Waals surface area contributed by atoms with E-state index in [1.165, 1.54) is 0 Å². The molecule has 1 rings (SSSR count). The maximum atomic E-state index is 12.5. The number of carbonyl (C=O) groups excluding carboxylic acids is 1. The zero-order valence-electron chi connectivity index (χ0n) is 12.9. The highest BCUT2D eigenvalue weighted by atomic mass is 16.2. The van der Waals surface area contributed by atoms with Crippen molar-refractivity contribution in [3.05, 3.63) is 0 Å². The van der Waals surface area contributed by atoms with Crippen LogP contribution < -0.4 is 5.32 Å². The average Bonchev–Trinajstić information content (AvgIpc) is 2.55. The molecule has 1 saturated heterocycles. The minimum absolute atomic E-state index is 0.0221. The van der Waals surface area contributed by atoms with Crippen LogP contribution >= 0.6 is 0 Å². The minimum Gasteiger partial charge on any atom is -0.325 e. The van der Waals surface area contributed by atoms with Gasteiger partial charge in [-0.2, -0.15) is 0 Å². The molecule has 0 saturated carbocycles. The molecule has 1 heterocycles. The van der Waals surface area contributed by atoms with Gasteiger partial charge in [-0.15, -0.1) is 0 Å². The first kappa shape index (κ1) is 15.5. The molecule has 3 atom stereocenters. The Kier molecular flexibility index (Phi) is 5.20. The van der Waals surface area contributed by atoms with Crippen molar-refractivity contribution in [3.63, 3.8) is 0 Å². The van der Waals surface area contributed by atoms with E-state index in [2.05, 4.69) is 51.8 Å². The monoisotopic (exact) mass is 254 g/mol. The van der Waals surface area contributed by atoms with E-state index in [1.807, 2.05) is 0 Å². The molecular weight excluding hydrogens is 224 g/mol. The van der Waals surface area contributed by atoms with Crippen LogP contribution in [-0.2, 0) is 4.79 Å². The van der Waals surface area contributed by atoms with Crippen molar-refractivity contribution >= 4 is 5.91 Å². The maximum absolute atomic E-state index is 12.5. The molecule has 1 aliphatic heterocycles. The number of amides is 1. The molecule has 0 radical (unpaired) electrons. The van der Waals surface area contributed by atoms with Crippen molar-refractivity contribution < 1.29 is 4.79 Å². The molecule has 0 spiro atoms. The van der Waals surface area contributed by atoms with Gasteiger partial charge in [-0.1, -0.05) is 54.4 Å². The first-order chi connectivity index (χ1) is 8.30. The second kappa shape index (κ2) is 6.05. The normalized spacial score (nSPS) is 26.8. The van der Waals surface area contributed by atoms with E-state index in [1.54, 1.807) is 0 Å². The molecule has 106 valence electrons. The fraction of sp³-hybridized carbons (Fsp3) is 0.933. The van der Waals surface area contributed by atoms with Gasteiger partial charge in [0.2, 0.25) is 5.91 Å². The fourth-order valence-corrected chi connectivity index (χ4v) is 2.56. The number of hydrogen-bond donors (Lipinski definition) is 1. The predicted octanol–water partition coefficient (Wildman–Crippen LogP) is 3.01. The number of rotatable bonds is 5. The largest absolute Gasteiger partial charge is 0.325 e. The maximum Gasteiger partial charge on any atom is 0.241 e. The van der Waals surface area contributed by atoms with E-state index in [4.69, 9.17) is 0 Å². The van der Waals surface area contributed by atoms with Crippen molar-refractivity contribution in [1.29, 1.82) is 0 Å². The van der Waals surface area contributed by atoms with Crippen LogP contribution in [0, 0.1) is 11.3 Å². The quantitative estimate of drug-likeness (QED) is 0.818. The molecule has 0 bridgehead atoms. The van der Waals surface area contributed by atoms with Gasteiger partial charge in [0.1, 0.15) is 0 Å². The van der Waals surface area contributed by atoms with Crippen LogP contribution in [0.25, 0.3) is 0 Å². The molecule has 0 aromatic carbocycles. The van der Waals surface area contributed by atoms with Crippen molar-refractivity contribution in [2.24, 2.45) is 11.3 Å². The summed E-state index contributed by atoms with van der Waals surface area (Å²) in [6.07, 6.45) is 3.44. The van der Waals surface area contributed by atoms with Gasteiger partial charge in [0, 0.05) is 6.54 Å². The Morgan fingerprint density at radius 3 is 2.39 bits per heavy atom. The lowest BCUT2D eigenvalue weighted by atomic mass is 9.95. The summed E-state index contributed by atoms with van der Waals surface area (Å²) >= 11 is 0. The molecular formula is C15H30N2O. The van der Waals surface area contributed by atoms with E-state index in [0.29, 0.717) is 11.8 Å². The van der Waals surface area contributed by atoms with Crippen LogP contribution in [0.15, 0.2) is 0 Å². The Labute approximate surface area is 112 Å². The van der Waals surface area contributed by atoms with E-state index >= 15 is 0 Å². The van der Waals surface area contributed by atoms with Crippen LogP contribution in [0.4, 0.5) is 0 Å². The SMILES string of the molecule is CCCC1NC(C(C)CC)C(=O)N1CC(C)(C)C. The second-order valence-corrected chi connectivity index (χ2v) is 6.86. The molecule has 3 nitrogen and oxygen atoms in total. The van der Waals surface area contributed by atoms with Crippen molar-refractivity contribution in [1.82, 2.24) is 10.2 Å². The molecule has 1 aliphatic rings. The van der Waals surface area contributed by atoms with Gasteiger partial charge in [-0.05, 0) is 17.8 Å². The van der Waals surface area contributed by atoms with E-state index < -0.39 is 0 Å². The first-order valence-corrected chi connectivity index (χ1v) is 7.36. The Balaban J connectivity index is 2.80. The summed E-state index contributed by atoms with van der Waals surface area (Å²) in [7, 11) is 0. The van der Waals surface area contributed by atoms with Gasteiger partial charge in [-0.3, -0.25) is 10.1 Å². The van der Waals surface area contributed by atoms with Crippen molar-refractivity contribution in [3.8, 4) is 0 Å². The summed E-state index contributed by atoms with van der Waals surface area (Å²) in [4.78, 5) is 14.6. The van der Waals surface area contributed by atoms with Crippen LogP contribution in [0.2, 0.25) is 0 Å².